The van der Waals surface area contributed by atoms with Crippen LogP contribution in [0.4, 0.5) is 5.69 Å². The first-order valence-corrected chi connectivity index (χ1v) is 9.68. The molecule has 1 amide bonds. The van der Waals surface area contributed by atoms with E-state index in [4.69, 9.17) is 9.47 Å². The lowest BCUT2D eigenvalue weighted by Gasteiger charge is -2.13. The van der Waals surface area contributed by atoms with Gasteiger partial charge in [-0.25, -0.2) is 0 Å². The lowest BCUT2D eigenvalue weighted by Crippen LogP contribution is -2.12. The summed E-state index contributed by atoms with van der Waals surface area (Å²) in [6, 6.07) is 17.0. The van der Waals surface area contributed by atoms with Crippen LogP contribution in [0.5, 0.6) is 11.5 Å². The first-order chi connectivity index (χ1) is 13.7. The number of nitrogens with zero attached hydrogens (tertiary/aromatic N) is 1. The highest BCUT2D eigenvalue weighted by Crippen LogP contribution is 2.31. The Hall–Kier alpha value is -2.86. The number of halogens is 1. The molecule has 1 N–H and O–H groups in total. The van der Waals surface area contributed by atoms with Crippen molar-refractivity contribution in [3.8, 4) is 11.5 Å². The molecule has 5 nitrogen and oxygen atoms in total. The van der Waals surface area contributed by atoms with Gasteiger partial charge in [0.15, 0.2) is 11.5 Å². The number of anilines is 1. The van der Waals surface area contributed by atoms with E-state index >= 15 is 0 Å². The van der Waals surface area contributed by atoms with Gasteiger partial charge in [-0.2, -0.15) is 0 Å². The van der Waals surface area contributed by atoms with E-state index in [9.17, 15) is 4.79 Å². The van der Waals surface area contributed by atoms with Crippen LogP contribution in [0.15, 0.2) is 71.5 Å². The van der Waals surface area contributed by atoms with E-state index in [1.54, 1.807) is 37.7 Å². The van der Waals surface area contributed by atoms with Crippen LogP contribution in [-0.4, -0.2) is 18.0 Å². The van der Waals surface area contributed by atoms with Crippen molar-refractivity contribution in [1.29, 1.82) is 0 Å². The summed E-state index contributed by atoms with van der Waals surface area (Å²) in [5.74, 6) is 1.11. The van der Waals surface area contributed by atoms with Crippen molar-refractivity contribution in [2.45, 2.75) is 19.4 Å². The van der Waals surface area contributed by atoms with Crippen LogP contribution in [-0.2, 0) is 17.8 Å². The van der Waals surface area contributed by atoms with Gasteiger partial charge < -0.3 is 14.8 Å². The maximum Gasteiger partial charge on any atom is 0.224 e. The average Bonchev–Trinajstić information content (AvgIpc) is 2.72. The summed E-state index contributed by atoms with van der Waals surface area (Å²) in [5.41, 5.74) is 2.72. The van der Waals surface area contributed by atoms with Crippen molar-refractivity contribution in [3.05, 3.63) is 82.6 Å². The fourth-order valence-electron chi connectivity index (χ4n) is 2.68. The highest BCUT2D eigenvalue weighted by Gasteiger charge is 2.10. The summed E-state index contributed by atoms with van der Waals surface area (Å²) >= 11 is 3.51. The zero-order chi connectivity index (χ0) is 19.8. The third kappa shape index (κ3) is 5.57. The largest absolute Gasteiger partial charge is 0.493 e. The molecule has 0 atom stereocenters. The zero-order valence-corrected chi connectivity index (χ0v) is 17.1. The fourth-order valence-corrected chi connectivity index (χ4v) is 3.17. The summed E-state index contributed by atoms with van der Waals surface area (Å²) in [5, 5.41) is 2.92. The Morgan fingerprint density at radius 2 is 1.96 bits per heavy atom. The first kappa shape index (κ1) is 19.9. The lowest BCUT2D eigenvalue weighted by atomic mass is 10.1. The molecule has 28 heavy (non-hydrogen) atoms. The van der Waals surface area contributed by atoms with Gasteiger partial charge in [0.25, 0.3) is 0 Å². The molecule has 0 aliphatic carbocycles. The molecular weight excluding hydrogens is 420 g/mol. The van der Waals surface area contributed by atoms with Crippen LogP contribution in [0.1, 0.15) is 17.5 Å². The van der Waals surface area contributed by atoms with Gasteiger partial charge in [-0.15, -0.1) is 0 Å². The summed E-state index contributed by atoms with van der Waals surface area (Å²) < 4.78 is 12.2. The molecule has 6 heteroatoms. The molecule has 3 aromatic rings. The zero-order valence-electron chi connectivity index (χ0n) is 15.5. The van der Waals surface area contributed by atoms with Gasteiger partial charge in [0, 0.05) is 40.6 Å². The van der Waals surface area contributed by atoms with E-state index in [1.807, 2.05) is 36.4 Å². The minimum Gasteiger partial charge on any atom is -0.493 e. The molecule has 0 saturated carbocycles. The molecule has 2 aromatic carbocycles. The van der Waals surface area contributed by atoms with Crippen molar-refractivity contribution in [1.82, 2.24) is 4.98 Å². The molecule has 0 fully saturated rings. The molecule has 0 unspecified atom stereocenters. The smallest absolute Gasteiger partial charge is 0.224 e. The predicted molar refractivity (Wildman–Crippen MR) is 113 cm³/mol. The second-order valence-electron chi connectivity index (χ2n) is 6.16. The van der Waals surface area contributed by atoms with E-state index < -0.39 is 0 Å². The summed E-state index contributed by atoms with van der Waals surface area (Å²) in [6.45, 7) is 0.365. The second kappa shape index (κ2) is 9.90. The lowest BCUT2D eigenvalue weighted by molar-refractivity contribution is -0.116. The third-order valence-electron chi connectivity index (χ3n) is 4.14. The number of carbonyl (C=O) groups is 1. The van der Waals surface area contributed by atoms with E-state index in [1.165, 1.54) is 0 Å². The summed E-state index contributed by atoms with van der Waals surface area (Å²) in [4.78, 5) is 16.4. The maximum absolute atomic E-state index is 12.3. The van der Waals surface area contributed by atoms with Crippen LogP contribution in [0.25, 0.3) is 0 Å². The molecule has 1 aromatic heterocycles. The Bertz CT molecular complexity index is 932. The van der Waals surface area contributed by atoms with E-state index in [0.29, 0.717) is 36.6 Å². The van der Waals surface area contributed by atoms with Crippen molar-refractivity contribution < 1.29 is 14.3 Å². The average molecular weight is 441 g/mol. The topological polar surface area (TPSA) is 60.5 Å². The second-order valence-corrected chi connectivity index (χ2v) is 7.01. The molecular formula is C22H21BrN2O3. The molecule has 0 bridgehead atoms. The monoisotopic (exact) mass is 440 g/mol. The Morgan fingerprint density at radius 3 is 2.71 bits per heavy atom. The molecule has 0 aliphatic heterocycles. The standard InChI is InChI=1S/C22H21BrN2O3/c1-27-20-10-9-18(13-21(20)28-15-16-5-4-12-24-14-16)25-22(26)11-8-17-6-2-3-7-19(17)23/h2-7,9-10,12-14H,8,11,15H2,1H3,(H,25,26). The summed E-state index contributed by atoms with van der Waals surface area (Å²) in [6.07, 6.45) is 4.52. The Labute approximate surface area is 172 Å². The first-order valence-electron chi connectivity index (χ1n) is 8.88. The normalized spacial score (nSPS) is 10.4. The molecule has 0 radical (unpaired) electrons. The molecule has 0 saturated heterocycles. The fraction of sp³-hybridized carbons (Fsp3) is 0.182. The van der Waals surface area contributed by atoms with Crippen molar-refractivity contribution in [3.63, 3.8) is 0 Å². The van der Waals surface area contributed by atoms with Crippen LogP contribution in [0.2, 0.25) is 0 Å². The van der Waals surface area contributed by atoms with Gasteiger partial charge in [-0.3, -0.25) is 9.78 Å². The number of pyridine rings is 1. The van der Waals surface area contributed by atoms with Gasteiger partial charge in [0.1, 0.15) is 6.61 Å². The Kier molecular flexibility index (Phi) is 7.03. The van der Waals surface area contributed by atoms with E-state index in [2.05, 4.69) is 26.2 Å². The summed E-state index contributed by atoms with van der Waals surface area (Å²) in [7, 11) is 1.59. The van der Waals surface area contributed by atoms with Gasteiger partial charge >= 0.3 is 0 Å². The Morgan fingerprint density at radius 1 is 1.11 bits per heavy atom. The maximum atomic E-state index is 12.3. The molecule has 1 heterocycles. The van der Waals surface area contributed by atoms with Gasteiger partial charge in [-0.1, -0.05) is 40.2 Å². The van der Waals surface area contributed by atoms with Gasteiger partial charge in [0.2, 0.25) is 5.91 Å². The van der Waals surface area contributed by atoms with Crippen LogP contribution >= 0.6 is 15.9 Å². The molecule has 3 rings (SSSR count). The number of aromatic nitrogens is 1. The molecule has 0 spiro atoms. The van der Waals surface area contributed by atoms with Gasteiger partial charge in [-0.05, 0) is 36.2 Å². The van der Waals surface area contributed by atoms with Crippen LogP contribution in [0.3, 0.4) is 0 Å². The number of amides is 1. The number of rotatable bonds is 8. The Balaban J connectivity index is 1.61. The molecule has 0 aliphatic rings. The highest BCUT2D eigenvalue weighted by atomic mass is 79.9. The third-order valence-corrected chi connectivity index (χ3v) is 4.92. The number of nitrogens with one attached hydrogen (secondary N) is 1. The number of benzene rings is 2. The van der Waals surface area contributed by atoms with Crippen molar-refractivity contribution in [2.24, 2.45) is 0 Å². The minimum absolute atomic E-state index is 0.0564. The highest BCUT2D eigenvalue weighted by molar-refractivity contribution is 9.10. The predicted octanol–water partition coefficient (Wildman–Crippen LogP) is 5.00. The van der Waals surface area contributed by atoms with E-state index in [0.717, 1.165) is 15.6 Å². The number of methoxy groups -OCH3 is 1. The number of ether oxygens (including phenoxy) is 2. The minimum atomic E-state index is -0.0564. The molecule has 144 valence electrons. The van der Waals surface area contributed by atoms with Crippen LogP contribution in [0, 0.1) is 0 Å². The number of hydrogen-bond acceptors (Lipinski definition) is 4. The van der Waals surface area contributed by atoms with Crippen molar-refractivity contribution >= 4 is 27.5 Å². The quantitative estimate of drug-likeness (QED) is 0.535. The number of carbonyl (C=O) groups excluding carboxylic acids is 1. The van der Waals surface area contributed by atoms with Crippen molar-refractivity contribution in [2.75, 3.05) is 12.4 Å². The number of hydrogen-bond donors (Lipinski definition) is 1. The van der Waals surface area contributed by atoms with E-state index in [-0.39, 0.29) is 5.91 Å². The number of aryl methyl sites for hydroxylation is 1. The van der Waals surface area contributed by atoms with Gasteiger partial charge in [0.05, 0.1) is 7.11 Å². The SMILES string of the molecule is COc1ccc(NC(=O)CCc2ccccc2Br)cc1OCc1cccnc1. The van der Waals surface area contributed by atoms with Crippen LogP contribution < -0.4 is 14.8 Å².